The summed E-state index contributed by atoms with van der Waals surface area (Å²) in [6, 6.07) is 0.104. The topological polar surface area (TPSA) is 90.4 Å². The van der Waals surface area contributed by atoms with Crippen molar-refractivity contribution < 1.29 is 0 Å². The molecule has 1 unspecified atom stereocenters. The van der Waals surface area contributed by atoms with E-state index in [1.54, 1.807) is 13.0 Å². The second-order valence-electron chi connectivity index (χ2n) is 3.63. The highest BCUT2D eigenvalue weighted by molar-refractivity contribution is 5.61. The molecule has 0 amide bonds. The highest BCUT2D eigenvalue weighted by atomic mass is 16.2. The van der Waals surface area contributed by atoms with Gasteiger partial charge in [0.15, 0.2) is 0 Å². The van der Waals surface area contributed by atoms with Crippen LogP contribution in [0.4, 0.5) is 0 Å². The van der Waals surface area contributed by atoms with Gasteiger partial charge in [0.25, 0.3) is 5.56 Å². The molecule has 92 valence electrons. The predicted molar refractivity (Wildman–Crippen MR) is 65.9 cm³/mol. The van der Waals surface area contributed by atoms with Crippen LogP contribution in [0.25, 0.3) is 5.70 Å². The van der Waals surface area contributed by atoms with E-state index in [0.717, 1.165) is 6.42 Å². The summed E-state index contributed by atoms with van der Waals surface area (Å²) in [7, 11) is 0. The lowest BCUT2D eigenvalue weighted by Crippen LogP contribution is -2.23. The van der Waals surface area contributed by atoms with Gasteiger partial charge in [-0.05, 0) is 20.3 Å². The van der Waals surface area contributed by atoms with Gasteiger partial charge in [-0.25, -0.2) is 4.79 Å². The Bertz CT molecular complexity index is 539. The Morgan fingerprint density at radius 1 is 1.53 bits per heavy atom. The zero-order valence-electron chi connectivity index (χ0n) is 10.2. The van der Waals surface area contributed by atoms with Gasteiger partial charge in [-0.3, -0.25) is 9.78 Å². The molecule has 0 aromatic carbocycles. The molecule has 0 aliphatic carbocycles. The lowest BCUT2D eigenvalue weighted by atomic mass is 10.2. The van der Waals surface area contributed by atoms with Gasteiger partial charge in [0.2, 0.25) is 0 Å². The first kappa shape index (κ1) is 13.1. The molecular weight excluding hydrogens is 220 g/mol. The summed E-state index contributed by atoms with van der Waals surface area (Å²) >= 11 is 0. The van der Waals surface area contributed by atoms with E-state index in [9.17, 15) is 9.59 Å². The van der Waals surface area contributed by atoms with Gasteiger partial charge in [-0.15, -0.1) is 0 Å². The summed E-state index contributed by atoms with van der Waals surface area (Å²) in [4.78, 5) is 27.0. The molecule has 1 aromatic rings. The van der Waals surface area contributed by atoms with Gasteiger partial charge in [0, 0.05) is 6.20 Å². The number of aromatic amines is 2. The maximum absolute atomic E-state index is 11.5. The second kappa shape index (κ2) is 5.93. The van der Waals surface area contributed by atoms with E-state index in [4.69, 9.17) is 0 Å². The van der Waals surface area contributed by atoms with Crippen LogP contribution in [0.5, 0.6) is 0 Å². The first-order valence-electron chi connectivity index (χ1n) is 5.48. The molecule has 0 fully saturated rings. The van der Waals surface area contributed by atoms with E-state index in [2.05, 4.69) is 20.2 Å². The monoisotopic (exact) mass is 236 g/mol. The van der Waals surface area contributed by atoms with Crippen LogP contribution < -0.4 is 11.2 Å². The molecule has 17 heavy (non-hydrogen) atoms. The fourth-order valence-corrected chi connectivity index (χ4v) is 1.11. The van der Waals surface area contributed by atoms with Gasteiger partial charge >= 0.3 is 5.69 Å². The fraction of sp³-hybridized carbons (Fsp3) is 0.455. The van der Waals surface area contributed by atoms with Crippen molar-refractivity contribution in [2.24, 2.45) is 10.2 Å². The smallest absolute Gasteiger partial charge is 0.313 e. The van der Waals surface area contributed by atoms with Crippen molar-refractivity contribution in [2.45, 2.75) is 33.2 Å². The third kappa shape index (κ3) is 3.51. The molecule has 1 heterocycles. The Morgan fingerprint density at radius 3 is 2.76 bits per heavy atom. The number of allylic oxidation sites excluding steroid dienone is 1. The lowest BCUT2D eigenvalue weighted by Gasteiger charge is -2.01. The van der Waals surface area contributed by atoms with Gasteiger partial charge in [0.05, 0.1) is 17.3 Å². The molecule has 0 aliphatic rings. The highest BCUT2D eigenvalue weighted by Crippen LogP contribution is 2.11. The number of H-pyrrole nitrogens is 2. The van der Waals surface area contributed by atoms with Crippen molar-refractivity contribution in [1.29, 1.82) is 0 Å². The van der Waals surface area contributed by atoms with Crippen LogP contribution in [0.3, 0.4) is 0 Å². The van der Waals surface area contributed by atoms with E-state index >= 15 is 0 Å². The average Bonchev–Trinajstić information content (AvgIpc) is 2.31. The van der Waals surface area contributed by atoms with Gasteiger partial charge in [0.1, 0.15) is 0 Å². The Morgan fingerprint density at radius 2 is 2.24 bits per heavy atom. The molecular formula is C11H16N4O2. The van der Waals surface area contributed by atoms with Crippen LogP contribution in [-0.2, 0) is 0 Å². The number of hydrogen-bond donors (Lipinski definition) is 2. The summed E-state index contributed by atoms with van der Waals surface area (Å²) < 4.78 is 0. The maximum Gasteiger partial charge on any atom is 0.325 e. The Hall–Kier alpha value is -1.98. The normalized spacial score (nSPS) is 14.2. The molecule has 1 aromatic heterocycles. The van der Waals surface area contributed by atoms with Crippen molar-refractivity contribution in [3.8, 4) is 0 Å². The van der Waals surface area contributed by atoms with Gasteiger partial charge in [-0.2, -0.15) is 10.2 Å². The SMILES string of the molecule is C/C=C(\N=N/C(C)CC)c1c[nH]c(=O)[nH]c1=O. The predicted octanol–water partition coefficient (Wildman–Crippen LogP) is 1.67. The average molecular weight is 236 g/mol. The summed E-state index contributed by atoms with van der Waals surface area (Å²) in [5.41, 5.74) is -0.250. The Kier molecular flexibility index (Phi) is 4.56. The fourth-order valence-electron chi connectivity index (χ4n) is 1.11. The Balaban J connectivity index is 3.08. The minimum Gasteiger partial charge on any atom is -0.313 e. The zero-order chi connectivity index (χ0) is 12.8. The largest absolute Gasteiger partial charge is 0.325 e. The number of aromatic nitrogens is 2. The Labute approximate surface area is 98.5 Å². The van der Waals surface area contributed by atoms with Crippen molar-refractivity contribution in [2.75, 3.05) is 0 Å². The molecule has 0 aliphatic heterocycles. The number of azo groups is 1. The number of hydrogen-bond acceptors (Lipinski definition) is 4. The quantitative estimate of drug-likeness (QED) is 0.778. The van der Waals surface area contributed by atoms with Crippen LogP contribution >= 0.6 is 0 Å². The molecule has 0 bridgehead atoms. The van der Waals surface area contributed by atoms with Crippen LogP contribution in [-0.4, -0.2) is 16.0 Å². The van der Waals surface area contributed by atoms with E-state index < -0.39 is 11.2 Å². The third-order valence-corrected chi connectivity index (χ3v) is 2.32. The number of nitrogens with zero attached hydrogens (tertiary/aromatic N) is 2. The minimum atomic E-state index is -0.534. The maximum atomic E-state index is 11.5. The molecule has 0 radical (unpaired) electrons. The zero-order valence-corrected chi connectivity index (χ0v) is 10.2. The van der Waals surface area contributed by atoms with Crippen molar-refractivity contribution in [3.63, 3.8) is 0 Å². The summed E-state index contributed by atoms with van der Waals surface area (Å²) in [5.74, 6) is 0. The summed E-state index contributed by atoms with van der Waals surface area (Å²) in [6.07, 6.45) is 3.89. The molecule has 0 saturated heterocycles. The van der Waals surface area contributed by atoms with E-state index in [0.29, 0.717) is 11.3 Å². The van der Waals surface area contributed by atoms with Crippen molar-refractivity contribution >= 4 is 5.70 Å². The van der Waals surface area contributed by atoms with Crippen LogP contribution in [0.1, 0.15) is 32.8 Å². The number of rotatable bonds is 4. The molecule has 0 spiro atoms. The first-order valence-corrected chi connectivity index (χ1v) is 5.48. The summed E-state index contributed by atoms with van der Waals surface area (Å²) in [5, 5.41) is 8.08. The third-order valence-electron chi connectivity index (χ3n) is 2.32. The van der Waals surface area contributed by atoms with E-state index in [1.165, 1.54) is 6.20 Å². The molecule has 2 N–H and O–H groups in total. The highest BCUT2D eigenvalue weighted by Gasteiger charge is 2.05. The molecule has 1 rings (SSSR count). The molecule has 1 atom stereocenters. The van der Waals surface area contributed by atoms with Crippen LogP contribution in [0.15, 0.2) is 32.1 Å². The molecule has 6 heteroatoms. The second-order valence-corrected chi connectivity index (χ2v) is 3.63. The van der Waals surface area contributed by atoms with Crippen LogP contribution in [0, 0.1) is 0 Å². The van der Waals surface area contributed by atoms with Gasteiger partial charge in [-0.1, -0.05) is 13.0 Å². The van der Waals surface area contributed by atoms with Gasteiger partial charge < -0.3 is 4.98 Å². The molecule has 0 saturated carbocycles. The summed E-state index contributed by atoms with van der Waals surface area (Å²) in [6.45, 7) is 5.70. The first-order chi connectivity index (χ1) is 8.08. The minimum absolute atomic E-state index is 0.104. The molecule has 6 nitrogen and oxygen atoms in total. The lowest BCUT2D eigenvalue weighted by molar-refractivity contribution is 0.681. The van der Waals surface area contributed by atoms with E-state index in [1.807, 2.05) is 13.8 Å². The van der Waals surface area contributed by atoms with Crippen molar-refractivity contribution in [3.05, 3.63) is 38.7 Å². The number of nitrogens with one attached hydrogen (secondary N) is 2. The van der Waals surface area contributed by atoms with Crippen molar-refractivity contribution in [1.82, 2.24) is 9.97 Å². The van der Waals surface area contributed by atoms with Crippen LogP contribution in [0.2, 0.25) is 0 Å². The van der Waals surface area contributed by atoms with E-state index in [-0.39, 0.29) is 6.04 Å². The standard InChI is InChI=1S/C11H16N4O2/c1-4-7(3)14-15-9(5-2)8-6-12-11(17)13-10(8)16/h5-7H,4H2,1-3H3,(H2,12,13,16,17)/b9-5-,15-14-.